The number of halogens is 1. The zero-order valence-electron chi connectivity index (χ0n) is 18.3. The molecule has 31 heavy (non-hydrogen) atoms. The van der Waals surface area contributed by atoms with Crippen molar-refractivity contribution in [2.45, 2.75) is 44.8 Å². The van der Waals surface area contributed by atoms with E-state index in [2.05, 4.69) is 6.58 Å². The highest BCUT2D eigenvalue weighted by Gasteiger charge is 2.34. The Bertz CT molecular complexity index is 939. The van der Waals surface area contributed by atoms with Crippen LogP contribution in [0.4, 0.5) is 0 Å². The summed E-state index contributed by atoms with van der Waals surface area (Å²) in [6, 6.07) is 3.88. The van der Waals surface area contributed by atoms with Crippen molar-refractivity contribution >= 4 is 33.5 Å². The number of hydrogen-bond acceptors (Lipinski definition) is 6. The van der Waals surface area contributed by atoms with Crippen molar-refractivity contribution in [3.05, 3.63) is 40.9 Å². The van der Waals surface area contributed by atoms with Crippen molar-refractivity contribution in [1.82, 2.24) is 9.21 Å². The van der Waals surface area contributed by atoms with E-state index in [9.17, 15) is 18.0 Å². The lowest BCUT2D eigenvalue weighted by molar-refractivity contribution is -0.133. The van der Waals surface area contributed by atoms with E-state index in [1.165, 1.54) is 27.4 Å². The zero-order valence-corrected chi connectivity index (χ0v) is 19.8. The fourth-order valence-corrected chi connectivity index (χ4v) is 5.39. The molecule has 8 nitrogen and oxygen atoms in total. The van der Waals surface area contributed by atoms with Gasteiger partial charge < -0.3 is 14.4 Å². The second-order valence-corrected chi connectivity index (χ2v) is 9.98. The number of benzene rings is 1. The third-order valence-electron chi connectivity index (χ3n) is 4.69. The van der Waals surface area contributed by atoms with Gasteiger partial charge >= 0.3 is 5.97 Å². The van der Waals surface area contributed by atoms with Crippen LogP contribution in [0.1, 0.15) is 38.1 Å². The summed E-state index contributed by atoms with van der Waals surface area (Å²) in [5.41, 5.74) is 0.800. The van der Waals surface area contributed by atoms with Crippen LogP contribution in [0, 0.1) is 0 Å². The molecule has 1 amide bonds. The Kier molecular flexibility index (Phi) is 8.65. The number of amides is 1. The molecule has 1 aliphatic rings. The normalized spacial score (nSPS) is 19.6. The second-order valence-electron chi connectivity index (χ2n) is 7.67. The lowest BCUT2D eigenvalue weighted by Crippen LogP contribution is -2.48. The molecule has 1 aromatic carbocycles. The SMILES string of the molecule is C=C(C)CN(CC)C(=O)COC(=O)c1ccc(Cl)c(S(=O)(=O)N2CC(C)OC(C)C2)c1. The minimum absolute atomic E-state index is 0.00181. The van der Waals surface area contributed by atoms with Gasteiger partial charge in [-0.25, -0.2) is 13.2 Å². The number of nitrogens with zero attached hydrogens (tertiary/aromatic N) is 2. The van der Waals surface area contributed by atoms with Crippen LogP contribution >= 0.6 is 11.6 Å². The molecule has 2 unspecified atom stereocenters. The first kappa shape index (κ1) is 25.3. The van der Waals surface area contributed by atoms with Crippen LogP contribution in [0.3, 0.4) is 0 Å². The zero-order chi connectivity index (χ0) is 23.3. The van der Waals surface area contributed by atoms with Crippen molar-refractivity contribution in [2.75, 3.05) is 32.8 Å². The van der Waals surface area contributed by atoms with Gasteiger partial charge in [0.05, 0.1) is 22.8 Å². The number of esters is 1. The largest absolute Gasteiger partial charge is 0.452 e. The van der Waals surface area contributed by atoms with Gasteiger partial charge in [-0.1, -0.05) is 23.8 Å². The van der Waals surface area contributed by atoms with Crippen LogP contribution in [0.5, 0.6) is 0 Å². The molecule has 2 atom stereocenters. The number of sulfonamides is 1. The summed E-state index contributed by atoms with van der Waals surface area (Å²) in [6.07, 6.45) is -0.533. The number of carbonyl (C=O) groups is 2. The number of ether oxygens (including phenoxy) is 2. The van der Waals surface area contributed by atoms with Crippen LogP contribution in [0.15, 0.2) is 35.2 Å². The molecular weight excluding hydrogens is 444 g/mol. The standard InChI is InChI=1S/C21H29ClN2O6S/c1-6-23(10-14(2)3)20(25)13-29-21(26)17-7-8-18(22)19(9-17)31(27,28)24-11-15(4)30-16(5)12-24/h7-9,15-16H,2,6,10-13H2,1,3-5H3. The van der Waals surface area contributed by atoms with Gasteiger partial charge in [0.1, 0.15) is 4.90 Å². The van der Waals surface area contributed by atoms with Crippen molar-refractivity contribution in [3.8, 4) is 0 Å². The van der Waals surface area contributed by atoms with Gasteiger partial charge in [-0.15, -0.1) is 0 Å². The van der Waals surface area contributed by atoms with Gasteiger partial charge in [0.15, 0.2) is 6.61 Å². The lowest BCUT2D eigenvalue weighted by Gasteiger charge is -2.34. The maximum absolute atomic E-state index is 13.1. The summed E-state index contributed by atoms with van der Waals surface area (Å²) in [6.45, 7) is 11.7. The minimum atomic E-state index is -3.95. The maximum atomic E-state index is 13.1. The fraction of sp³-hybridized carbons (Fsp3) is 0.524. The monoisotopic (exact) mass is 472 g/mol. The molecule has 0 spiro atoms. The molecule has 172 valence electrons. The van der Waals surface area contributed by atoms with Gasteiger partial charge in [-0.2, -0.15) is 4.31 Å². The molecular formula is C21H29ClN2O6S. The first-order valence-corrected chi connectivity index (χ1v) is 11.8. The van der Waals surface area contributed by atoms with Crippen LogP contribution in [-0.4, -0.2) is 74.5 Å². The Labute approximate surface area is 188 Å². The number of carbonyl (C=O) groups excluding carboxylic acids is 2. The maximum Gasteiger partial charge on any atom is 0.338 e. The Morgan fingerprint density at radius 3 is 2.45 bits per heavy atom. The summed E-state index contributed by atoms with van der Waals surface area (Å²) in [5.74, 6) is -1.17. The van der Waals surface area contributed by atoms with Gasteiger partial charge in [-0.3, -0.25) is 4.79 Å². The van der Waals surface area contributed by atoms with Crippen LogP contribution in [0.2, 0.25) is 5.02 Å². The summed E-state index contributed by atoms with van der Waals surface area (Å²) in [4.78, 5) is 26.1. The number of hydrogen-bond donors (Lipinski definition) is 0. The highest BCUT2D eigenvalue weighted by atomic mass is 35.5. The van der Waals surface area contributed by atoms with Gasteiger partial charge in [0.2, 0.25) is 10.0 Å². The average molecular weight is 473 g/mol. The van der Waals surface area contributed by atoms with E-state index in [-0.39, 0.29) is 46.7 Å². The van der Waals surface area contributed by atoms with Gasteiger partial charge in [-0.05, 0) is 45.9 Å². The van der Waals surface area contributed by atoms with E-state index in [0.717, 1.165) is 5.57 Å². The highest BCUT2D eigenvalue weighted by Crippen LogP contribution is 2.28. The van der Waals surface area contributed by atoms with Crippen molar-refractivity contribution in [1.29, 1.82) is 0 Å². The van der Waals surface area contributed by atoms with Crippen LogP contribution < -0.4 is 0 Å². The van der Waals surface area contributed by atoms with E-state index < -0.39 is 22.6 Å². The molecule has 10 heteroatoms. The Balaban J connectivity index is 2.17. The third-order valence-corrected chi connectivity index (χ3v) is 7.01. The average Bonchev–Trinajstić information content (AvgIpc) is 2.69. The Morgan fingerprint density at radius 1 is 1.29 bits per heavy atom. The fourth-order valence-electron chi connectivity index (χ4n) is 3.30. The van der Waals surface area contributed by atoms with Crippen LogP contribution in [0.25, 0.3) is 0 Å². The Hall–Kier alpha value is -1.94. The third kappa shape index (κ3) is 6.52. The minimum Gasteiger partial charge on any atom is -0.452 e. The molecule has 1 saturated heterocycles. The summed E-state index contributed by atoms with van der Waals surface area (Å²) in [5, 5.41) is -0.00181. The van der Waals surface area contributed by atoms with Crippen LogP contribution in [-0.2, 0) is 24.3 Å². The quantitative estimate of drug-likeness (QED) is 0.426. The van der Waals surface area contributed by atoms with E-state index in [0.29, 0.717) is 13.1 Å². The summed E-state index contributed by atoms with van der Waals surface area (Å²) >= 11 is 6.16. The molecule has 0 N–H and O–H groups in total. The topological polar surface area (TPSA) is 93.2 Å². The lowest BCUT2D eigenvalue weighted by atomic mass is 10.2. The molecule has 0 radical (unpaired) electrons. The number of likely N-dealkylation sites (N-methyl/N-ethyl adjacent to an activating group) is 1. The molecule has 2 rings (SSSR count). The molecule has 0 bridgehead atoms. The summed E-state index contributed by atoms with van der Waals surface area (Å²) in [7, 11) is -3.95. The highest BCUT2D eigenvalue weighted by molar-refractivity contribution is 7.89. The number of rotatable bonds is 8. The van der Waals surface area contributed by atoms with E-state index >= 15 is 0 Å². The first-order valence-electron chi connectivity index (χ1n) is 10.00. The Morgan fingerprint density at radius 2 is 1.90 bits per heavy atom. The summed E-state index contributed by atoms with van der Waals surface area (Å²) < 4.78 is 38.3. The number of morpholine rings is 1. The molecule has 1 aliphatic heterocycles. The van der Waals surface area contributed by atoms with E-state index in [1.807, 2.05) is 6.92 Å². The van der Waals surface area contributed by atoms with Crippen molar-refractivity contribution in [2.24, 2.45) is 0 Å². The van der Waals surface area contributed by atoms with Gasteiger partial charge in [0, 0.05) is 26.2 Å². The second kappa shape index (κ2) is 10.6. The molecule has 0 saturated carbocycles. The molecule has 1 aromatic rings. The van der Waals surface area contributed by atoms with E-state index in [1.54, 1.807) is 20.8 Å². The molecule has 1 fully saturated rings. The van der Waals surface area contributed by atoms with Gasteiger partial charge in [0.25, 0.3) is 5.91 Å². The predicted octanol–water partition coefficient (Wildman–Crippen LogP) is 2.72. The van der Waals surface area contributed by atoms with E-state index in [4.69, 9.17) is 21.1 Å². The van der Waals surface area contributed by atoms with Crippen molar-refractivity contribution in [3.63, 3.8) is 0 Å². The molecule has 0 aliphatic carbocycles. The molecule has 1 heterocycles. The smallest absolute Gasteiger partial charge is 0.338 e. The van der Waals surface area contributed by atoms with Crippen molar-refractivity contribution < 1.29 is 27.5 Å². The first-order chi connectivity index (χ1) is 14.4. The molecule has 0 aromatic heterocycles. The predicted molar refractivity (Wildman–Crippen MR) is 118 cm³/mol.